The predicted molar refractivity (Wildman–Crippen MR) is 105 cm³/mol. The quantitative estimate of drug-likeness (QED) is 0.627. The van der Waals surface area contributed by atoms with Crippen molar-refractivity contribution < 1.29 is 17.9 Å². The highest BCUT2D eigenvalue weighted by atomic mass is 32.2. The monoisotopic (exact) mass is 397 g/mol. The predicted octanol–water partition coefficient (Wildman–Crippen LogP) is 2.48. The number of hydrogen-bond donors (Lipinski definition) is 2. The van der Waals surface area contributed by atoms with Crippen LogP contribution in [0.2, 0.25) is 0 Å². The number of piperidine rings is 1. The molecule has 0 bridgehead atoms. The standard InChI is InChI=1S/C19H31N3O4S/c1-16(2)26-14-6-11-20-19(23)21-15-17-7-9-18(10-8-17)27(24,25)22-12-4-3-5-13-22/h7-10,16H,3-6,11-15H2,1-2H3,(H2,20,21,23). The normalized spacial score (nSPS) is 15.7. The molecule has 0 atom stereocenters. The molecule has 0 spiro atoms. The van der Waals surface area contributed by atoms with E-state index in [1.165, 1.54) is 0 Å². The van der Waals surface area contributed by atoms with E-state index in [-0.39, 0.29) is 12.1 Å². The summed E-state index contributed by atoms with van der Waals surface area (Å²) >= 11 is 0. The maximum Gasteiger partial charge on any atom is 0.315 e. The second kappa shape index (κ2) is 10.6. The largest absolute Gasteiger partial charge is 0.379 e. The minimum absolute atomic E-state index is 0.195. The van der Waals surface area contributed by atoms with Crippen molar-refractivity contribution in [3.63, 3.8) is 0 Å². The average molecular weight is 398 g/mol. The summed E-state index contributed by atoms with van der Waals surface area (Å²) in [5, 5.41) is 5.54. The van der Waals surface area contributed by atoms with E-state index in [9.17, 15) is 13.2 Å². The number of rotatable bonds is 9. The summed E-state index contributed by atoms with van der Waals surface area (Å²) in [7, 11) is -3.41. The molecule has 0 aliphatic carbocycles. The van der Waals surface area contributed by atoms with E-state index in [0.717, 1.165) is 31.2 Å². The molecule has 152 valence electrons. The highest BCUT2D eigenvalue weighted by Crippen LogP contribution is 2.20. The summed E-state index contributed by atoms with van der Waals surface area (Å²) in [5.41, 5.74) is 0.853. The van der Waals surface area contributed by atoms with Gasteiger partial charge in [-0.05, 0) is 50.8 Å². The lowest BCUT2D eigenvalue weighted by Crippen LogP contribution is -2.36. The number of hydrogen-bond acceptors (Lipinski definition) is 4. The zero-order valence-corrected chi connectivity index (χ0v) is 17.1. The van der Waals surface area contributed by atoms with Crippen molar-refractivity contribution in [1.29, 1.82) is 0 Å². The topological polar surface area (TPSA) is 87.7 Å². The lowest BCUT2D eigenvalue weighted by atomic mass is 10.2. The molecule has 1 aliphatic heterocycles. The Morgan fingerprint density at radius 2 is 1.78 bits per heavy atom. The number of benzene rings is 1. The van der Waals surface area contributed by atoms with Crippen molar-refractivity contribution in [2.75, 3.05) is 26.2 Å². The third-order valence-corrected chi connectivity index (χ3v) is 6.30. The zero-order chi connectivity index (χ0) is 19.7. The Kier molecular flexibility index (Phi) is 8.53. The van der Waals surface area contributed by atoms with Crippen LogP contribution in [0.3, 0.4) is 0 Å². The minimum atomic E-state index is -3.41. The lowest BCUT2D eigenvalue weighted by molar-refractivity contribution is 0.0774. The van der Waals surface area contributed by atoms with Crippen molar-refractivity contribution in [3.8, 4) is 0 Å². The van der Waals surface area contributed by atoms with Gasteiger partial charge in [0.25, 0.3) is 0 Å². The van der Waals surface area contributed by atoms with Crippen molar-refractivity contribution in [1.82, 2.24) is 14.9 Å². The summed E-state index contributed by atoms with van der Waals surface area (Å²) in [4.78, 5) is 12.1. The Balaban J connectivity index is 1.76. The number of nitrogens with zero attached hydrogens (tertiary/aromatic N) is 1. The van der Waals surface area contributed by atoms with E-state index in [1.54, 1.807) is 28.6 Å². The van der Waals surface area contributed by atoms with Crippen LogP contribution >= 0.6 is 0 Å². The van der Waals surface area contributed by atoms with Gasteiger partial charge in [-0.15, -0.1) is 0 Å². The van der Waals surface area contributed by atoms with Crippen LogP contribution in [-0.2, 0) is 21.3 Å². The molecule has 2 N–H and O–H groups in total. The highest BCUT2D eigenvalue weighted by Gasteiger charge is 2.25. The Labute approximate surface area is 162 Å². The van der Waals surface area contributed by atoms with Gasteiger partial charge in [0, 0.05) is 32.8 Å². The molecule has 2 amide bonds. The highest BCUT2D eigenvalue weighted by molar-refractivity contribution is 7.89. The van der Waals surface area contributed by atoms with Gasteiger partial charge in [-0.2, -0.15) is 4.31 Å². The second-order valence-electron chi connectivity index (χ2n) is 6.99. The van der Waals surface area contributed by atoms with Crippen molar-refractivity contribution in [3.05, 3.63) is 29.8 Å². The lowest BCUT2D eigenvalue weighted by Gasteiger charge is -2.25. The maximum absolute atomic E-state index is 12.6. The first kappa shape index (κ1) is 21.7. The number of carbonyl (C=O) groups excluding carboxylic acids is 1. The van der Waals surface area contributed by atoms with Crippen molar-refractivity contribution >= 4 is 16.1 Å². The van der Waals surface area contributed by atoms with Gasteiger partial charge in [-0.3, -0.25) is 0 Å². The van der Waals surface area contributed by atoms with Gasteiger partial charge in [0.05, 0.1) is 11.0 Å². The fraction of sp³-hybridized carbons (Fsp3) is 0.632. The summed E-state index contributed by atoms with van der Waals surface area (Å²) < 4.78 is 32.2. The molecule has 0 unspecified atom stereocenters. The average Bonchev–Trinajstić information content (AvgIpc) is 2.67. The molecule has 0 saturated carbocycles. The third kappa shape index (κ3) is 7.12. The Hall–Kier alpha value is -1.64. The van der Waals surface area contributed by atoms with E-state index in [2.05, 4.69) is 10.6 Å². The maximum atomic E-state index is 12.6. The van der Waals surface area contributed by atoms with Crippen molar-refractivity contribution in [2.45, 2.75) is 57.1 Å². The Bertz CT molecular complexity index is 683. The van der Waals surface area contributed by atoms with Gasteiger partial charge >= 0.3 is 6.03 Å². The molecule has 0 aromatic heterocycles. The van der Waals surface area contributed by atoms with Crippen LogP contribution in [-0.4, -0.2) is 51.1 Å². The van der Waals surface area contributed by atoms with Crippen LogP contribution < -0.4 is 10.6 Å². The van der Waals surface area contributed by atoms with E-state index < -0.39 is 10.0 Å². The van der Waals surface area contributed by atoms with Crippen LogP contribution in [0.1, 0.15) is 45.1 Å². The van der Waals surface area contributed by atoms with Crippen molar-refractivity contribution in [2.24, 2.45) is 0 Å². The molecule has 1 saturated heterocycles. The molecule has 1 aromatic carbocycles. The first-order chi connectivity index (χ1) is 12.9. The fourth-order valence-corrected chi connectivity index (χ4v) is 4.39. The molecule has 2 rings (SSSR count). The van der Waals surface area contributed by atoms with E-state index in [1.807, 2.05) is 13.8 Å². The van der Waals surface area contributed by atoms with Gasteiger partial charge in [-0.1, -0.05) is 18.6 Å². The molecular formula is C19H31N3O4S. The molecule has 0 radical (unpaired) electrons. The Morgan fingerprint density at radius 3 is 2.41 bits per heavy atom. The van der Waals surface area contributed by atoms with Gasteiger partial charge in [-0.25, -0.2) is 13.2 Å². The number of sulfonamides is 1. The number of amides is 2. The van der Waals surface area contributed by atoms with E-state index in [4.69, 9.17) is 4.74 Å². The molecule has 7 nitrogen and oxygen atoms in total. The van der Waals surface area contributed by atoms with Gasteiger partial charge in [0.2, 0.25) is 10.0 Å². The third-order valence-electron chi connectivity index (χ3n) is 4.39. The van der Waals surface area contributed by atoms with Crippen LogP contribution in [0, 0.1) is 0 Å². The van der Waals surface area contributed by atoms with Crippen LogP contribution in [0.5, 0.6) is 0 Å². The zero-order valence-electron chi connectivity index (χ0n) is 16.2. The first-order valence-corrected chi connectivity index (χ1v) is 11.1. The molecule has 8 heteroatoms. The Morgan fingerprint density at radius 1 is 1.11 bits per heavy atom. The van der Waals surface area contributed by atoms with Crippen LogP contribution in [0.4, 0.5) is 4.79 Å². The molecule has 27 heavy (non-hydrogen) atoms. The molecular weight excluding hydrogens is 366 g/mol. The SMILES string of the molecule is CC(C)OCCCNC(=O)NCc1ccc(S(=O)(=O)N2CCCCC2)cc1. The number of nitrogens with one attached hydrogen (secondary N) is 2. The number of carbonyl (C=O) groups is 1. The van der Waals surface area contributed by atoms with Gasteiger partial charge < -0.3 is 15.4 Å². The van der Waals surface area contributed by atoms with Crippen LogP contribution in [0.25, 0.3) is 0 Å². The van der Waals surface area contributed by atoms with E-state index in [0.29, 0.717) is 37.7 Å². The number of urea groups is 1. The summed E-state index contributed by atoms with van der Waals surface area (Å²) in [6.07, 6.45) is 3.87. The van der Waals surface area contributed by atoms with Gasteiger partial charge in [0.1, 0.15) is 0 Å². The summed E-state index contributed by atoms with van der Waals surface area (Å²) in [6, 6.07) is 6.47. The molecule has 1 heterocycles. The molecule has 1 aliphatic rings. The number of ether oxygens (including phenoxy) is 1. The summed E-state index contributed by atoms with van der Waals surface area (Å²) in [6.45, 7) is 6.64. The fourth-order valence-electron chi connectivity index (χ4n) is 2.87. The van der Waals surface area contributed by atoms with Gasteiger partial charge in [0.15, 0.2) is 0 Å². The summed E-state index contributed by atoms with van der Waals surface area (Å²) in [5.74, 6) is 0. The minimum Gasteiger partial charge on any atom is -0.379 e. The smallest absolute Gasteiger partial charge is 0.315 e. The van der Waals surface area contributed by atoms with Crippen LogP contribution in [0.15, 0.2) is 29.2 Å². The molecule has 1 aromatic rings. The molecule has 1 fully saturated rings. The van der Waals surface area contributed by atoms with E-state index >= 15 is 0 Å². The first-order valence-electron chi connectivity index (χ1n) is 9.62. The second-order valence-corrected chi connectivity index (χ2v) is 8.93.